The first-order valence-corrected chi connectivity index (χ1v) is 4.67. The third kappa shape index (κ3) is 6.03. The van der Waals surface area contributed by atoms with Gasteiger partial charge >= 0.3 is 0 Å². The Balaban J connectivity index is 3.26. The summed E-state index contributed by atoms with van der Waals surface area (Å²) in [7, 11) is 0. The summed E-state index contributed by atoms with van der Waals surface area (Å²) in [4.78, 5) is 3.91. The monoisotopic (exact) mass is 161 g/mol. The second kappa shape index (κ2) is 6.27. The number of aliphatic imine (C=N–C) groups is 1. The summed E-state index contributed by atoms with van der Waals surface area (Å²) in [5.74, 6) is 1.15. The Hall–Kier alpha value is 0.150. The maximum atomic E-state index is 4.46. The van der Waals surface area contributed by atoms with Gasteiger partial charge in [-0.3, -0.25) is 0 Å². The second-order valence-corrected chi connectivity index (χ2v) is 3.02. The first-order valence-electron chi connectivity index (χ1n) is 2.87. The van der Waals surface area contributed by atoms with Crippen LogP contribution >= 0.6 is 24.0 Å². The molecule has 1 unspecified atom stereocenters. The fraction of sp³-hybridized carbons (Fsp3) is 0.833. The summed E-state index contributed by atoms with van der Waals surface area (Å²) >= 11 is 6.29. The van der Waals surface area contributed by atoms with Crippen molar-refractivity contribution in [1.82, 2.24) is 0 Å². The molecule has 1 atom stereocenters. The third-order valence-corrected chi connectivity index (χ3v) is 1.76. The Labute approximate surface area is 65.9 Å². The molecule has 0 radical (unpaired) electrons. The molecule has 0 amide bonds. The Bertz CT molecular complexity index is 108. The highest BCUT2D eigenvalue weighted by atomic mass is 32.2. The summed E-state index contributed by atoms with van der Waals surface area (Å²) < 4.78 is 0. The van der Waals surface area contributed by atoms with E-state index in [1.54, 1.807) is 0 Å². The molecule has 0 N–H and O–H groups in total. The first kappa shape index (κ1) is 9.15. The maximum Gasteiger partial charge on any atom is 0.0587 e. The topological polar surface area (TPSA) is 12.4 Å². The summed E-state index contributed by atoms with van der Waals surface area (Å²) in [5, 5.41) is 2.38. The molecule has 0 saturated heterocycles. The van der Waals surface area contributed by atoms with E-state index in [2.05, 4.69) is 35.6 Å². The lowest BCUT2D eigenvalue weighted by molar-refractivity contribution is 0.729. The van der Waals surface area contributed by atoms with E-state index in [1.165, 1.54) is 0 Å². The molecule has 0 rings (SSSR count). The molecule has 0 aromatic carbocycles. The van der Waals surface area contributed by atoms with Crippen molar-refractivity contribution < 1.29 is 0 Å². The fourth-order valence-corrected chi connectivity index (χ4v) is 1.20. The van der Waals surface area contributed by atoms with Crippen LogP contribution in [0.1, 0.15) is 13.3 Å². The summed E-state index contributed by atoms with van der Waals surface area (Å²) in [6, 6.07) is 0.356. The predicted molar refractivity (Wildman–Crippen MR) is 47.5 cm³/mol. The van der Waals surface area contributed by atoms with E-state index in [0.29, 0.717) is 6.04 Å². The molecule has 0 aliphatic carbocycles. The lowest BCUT2D eigenvalue weighted by atomic mass is 10.3. The molecule has 1 nitrogen and oxygen atoms in total. The number of nitrogens with zero attached hydrogens (tertiary/aromatic N) is 1. The molecule has 0 aromatic rings. The highest BCUT2D eigenvalue weighted by molar-refractivity contribution is 7.98. The Morgan fingerprint density at radius 3 is 2.89 bits per heavy atom. The minimum atomic E-state index is 0.356. The van der Waals surface area contributed by atoms with E-state index < -0.39 is 0 Å². The molecular weight excluding hydrogens is 150 g/mol. The van der Waals surface area contributed by atoms with E-state index in [1.807, 2.05) is 11.8 Å². The van der Waals surface area contributed by atoms with Crippen molar-refractivity contribution in [3.05, 3.63) is 0 Å². The van der Waals surface area contributed by atoms with Crippen LogP contribution in [0.4, 0.5) is 0 Å². The van der Waals surface area contributed by atoms with Crippen molar-refractivity contribution in [3.8, 4) is 0 Å². The van der Waals surface area contributed by atoms with Crippen LogP contribution in [0, 0.1) is 0 Å². The van der Waals surface area contributed by atoms with Gasteiger partial charge in [0.2, 0.25) is 0 Å². The van der Waals surface area contributed by atoms with E-state index in [9.17, 15) is 0 Å². The van der Waals surface area contributed by atoms with Crippen molar-refractivity contribution in [2.75, 3.05) is 12.0 Å². The van der Waals surface area contributed by atoms with E-state index in [-0.39, 0.29) is 0 Å². The zero-order valence-corrected chi connectivity index (χ0v) is 7.39. The molecule has 0 aromatic heterocycles. The highest BCUT2D eigenvalue weighted by Gasteiger charge is 1.94. The van der Waals surface area contributed by atoms with Crippen LogP contribution in [0.5, 0.6) is 0 Å². The smallest absolute Gasteiger partial charge is 0.0587 e. The molecule has 0 aliphatic rings. The van der Waals surface area contributed by atoms with Crippen LogP contribution in [0.25, 0.3) is 0 Å². The Morgan fingerprint density at radius 2 is 2.44 bits per heavy atom. The molecular formula is C6H11NS2. The zero-order chi connectivity index (χ0) is 7.11. The zero-order valence-electron chi connectivity index (χ0n) is 5.76. The molecule has 9 heavy (non-hydrogen) atoms. The Kier molecular flexibility index (Phi) is 6.38. The number of rotatable bonds is 4. The van der Waals surface area contributed by atoms with Crippen LogP contribution in [0.15, 0.2) is 4.99 Å². The lowest BCUT2D eigenvalue weighted by Crippen LogP contribution is -1.97. The minimum Gasteiger partial charge on any atom is -0.229 e. The largest absolute Gasteiger partial charge is 0.229 e. The molecule has 0 saturated carbocycles. The van der Waals surface area contributed by atoms with Crippen molar-refractivity contribution in [2.45, 2.75) is 19.4 Å². The van der Waals surface area contributed by atoms with Crippen molar-refractivity contribution in [3.63, 3.8) is 0 Å². The molecule has 0 bridgehead atoms. The van der Waals surface area contributed by atoms with Crippen molar-refractivity contribution >= 4 is 29.1 Å². The average molecular weight is 161 g/mol. The van der Waals surface area contributed by atoms with Gasteiger partial charge in [0.15, 0.2) is 0 Å². The van der Waals surface area contributed by atoms with E-state index in [4.69, 9.17) is 0 Å². The van der Waals surface area contributed by atoms with E-state index >= 15 is 0 Å². The van der Waals surface area contributed by atoms with Crippen LogP contribution < -0.4 is 0 Å². The molecule has 3 heteroatoms. The van der Waals surface area contributed by atoms with Gasteiger partial charge in [0, 0.05) is 0 Å². The van der Waals surface area contributed by atoms with Gasteiger partial charge < -0.3 is 0 Å². The Morgan fingerprint density at radius 1 is 1.78 bits per heavy atom. The number of thioether (sulfide) groups is 1. The summed E-state index contributed by atoms with van der Waals surface area (Å²) in [6.45, 7) is 2.05. The molecule has 0 heterocycles. The number of thiocarbonyl (C=S) groups is 1. The van der Waals surface area contributed by atoms with Gasteiger partial charge in [-0.15, -0.1) is 0 Å². The highest BCUT2D eigenvalue weighted by Crippen LogP contribution is 2.01. The van der Waals surface area contributed by atoms with Crippen molar-refractivity contribution in [1.29, 1.82) is 0 Å². The third-order valence-electron chi connectivity index (χ3n) is 1.01. The van der Waals surface area contributed by atoms with Gasteiger partial charge in [0.25, 0.3) is 0 Å². The van der Waals surface area contributed by atoms with E-state index in [0.717, 1.165) is 12.2 Å². The quantitative estimate of drug-likeness (QED) is 0.463. The predicted octanol–water partition coefficient (Wildman–Crippen LogP) is 2.23. The summed E-state index contributed by atoms with van der Waals surface area (Å²) in [6.07, 6.45) is 3.19. The molecule has 0 spiro atoms. The SMILES string of the molecule is CSCCC(C)N=C=S. The number of isothiocyanates is 1. The van der Waals surface area contributed by atoms with Gasteiger partial charge in [-0.25, -0.2) is 4.99 Å². The lowest BCUT2D eigenvalue weighted by Gasteiger charge is -1.99. The average Bonchev–Trinajstić information content (AvgIpc) is 1.85. The van der Waals surface area contributed by atoms with Crippen LogP contribution in [-0.2, 0) is 0 Å². The second-order valence-electron chi connectivity index (χ2n) is 1.85. The molecule has 52 valence electrons. The van der Waals surface area contributed by atoms with Gasteiger partial charge in [-0.1, -0.05) is 0 Å². The van der Waals surface area contributed by atoms with Crippen LogP contribution in [0.2, 0.25) is 0 Å². The standard InChI is InChI=1S/C6H11NS2/c1-6(7-5-8)3-4-9-2/h6H,3-4H2,1-2H3. The molecule has 0 aliphatic heterocycles. The van der Waals surface area contributed by atoms with Crippen LogP contribution in [-0.4, -0.2) is 23.2 Å². The molecule has 0 fully saturated rings. The normalized spacial score (nSPS) is 12.2. The van der Waals surface area contributed by atoms with Crippen LogP contribution in [0.3, 0.4) is 0 Å². The summed E-state index contributed by atoms with van der Waals surface area (Å²) in [5.41, 5.74) is 0. The first-order chi connectivity index (χ1) is 4.31. The van der Waals surface area contributed by atoms with Gasteiger partial charge in [0.05, 0.1) is 11.2 Å². The number of hydrogen-bond acceptors (Lipinski definition) is 3. The van der Waals surface area contributed by atoms with Crippen molar-refractivity contribution in [2.24, 2.45) is 4.99 Å². The fourth-order valence-electron chi connectivity index (χ4n) is 0.443. The maximum absolute atomic E-state index is 4.46. The minimum absolute atomic E-state index is 0.356. The van der Waals surface area contributed by atoms with Gasteiger partial charge in [-0.05, 0) is 37.6 Å². The van der Waals surface area contributed by atoms with Gasteiger partial charge in [-0.2, -0.15) is 11.8 Å². The van der Waals surface area contributed by atoms with Gasteiger partial charge in [0.1, 0.15) is 0 Å². The number of hydrogen-bond donors (Lipinski definition) is 0.